The van der Waals surface area contributed by atoms with Gasteiger partial charge in [-0.2, -0.15) is 0 Å². The summed E-state index contributed by atoms with van der Waals surface area (Å²) < 4.78 is 0. The van der Waals surface area contributed by atoms with Crippen molar-refractivity contribution >= 4 is 17.3 Å². The van der Waals surface area contributed by atoms with Crippen molar-refractivity contribution in [3.63, 3.8) is 0 Å². The van der Waals surface area contributed by atoms with Crippen LogP contribution in [0.5, 0.6) is 0 Å². The first-order valence-corrected chi connectivity index (χ1v) is 9.21. The number of allylic oxidation sites excluding steroid dienone is 2. The third-order valence-electron chi connectivity index (χ3n) is 5.90. The van der Waals surface area contributed by atoms with Gasteiger partial charge in [0.2, 0.25) is 0 Å². The molecule has 0 amide bonds. The van der Waals surface area contributed by atoms with Crippen molar-refractivity contribution in [3.05, 3.63) is 82.1 Å². The summed E-state index contributed by atoms with van der Waals surface area (Å²) in [7, 11) is 0. The van der Waals surface area contributed by atoms with Crippen LogP contribution in [0.1, 0.15) is 52.2 Å². The summed E-state index contributed by atoms with van der Waals surface area (Å²) in [5, 5.41) is 0. The zero-order chi connectivity index (χ0) is 17.8. The maximum Gasteiger partial charge on any atom is 0.173 e. The van der Waals surface area contributed by atoms with E-state index < -0.39 is 0 Å². The lowest BCUT2D eigenvalue weighted by molar-refractivity contribution is -0.116. The number of Topliss-reactive ketones (excluding diaryl/α,β-unsaturated/α-hetero) is 2. The number of aliphatic imine (C=N–C) groups is 1. The first kappa shape index (κ1) is 15.4. The Kier molecular flexibility index (Phi) is 3.33. The van der Waals surface area contributed by atoms with Crippen molar-refractivity contribution in [3.8, 4) is 0 Å². The topological polar surface area (TPSA) is 46.5 Å². The summed E-state index contributed by atoms with van der Waals surface area (Å²) in [5.74, 6) is -0.343. The molecule has 0 spiro atoms. The molecule has 26 heavy (non-hydrogen) atoms. The smallest absolute Gasteiger partial charge is 0.173 e. The highest BCUT2D eigenvalue weighted by molar-refractivity contribution is 6.30. The van der Waals surface area contributed by atoms with E-state index in [2.05, 4.69) is 19.1 Å². The average Bonchev–Trinajstić information content (AvgIpc) is 2.94. The van der Waals surface area contributed by atoms with Gasteiger partial charge in [-0.25, -0.2) is 0 Å². The Hall–Kier alpha value is -2.81. The fourth-order valence-electron chi connectivity index (χ4n) is 4.72. The molecule has 0 bridgehead atoms. The predicted octanol–water partition coefficient (Wildman–Crippen LogP) is 4.40. The zero-order valence-electron chi connectivity index (χ0n) is 14.7. The number of nitrogens with zero attached hydrogens (tertiary/aromatic N) is 1. The standard InChI is InChI=1S/C23H19NO2/c1-13-7-2-3-8-14(13)19-20-17(11-6-12-18(20)25)24-22-15-9-4-5-10-16(15)23(26)21(19)22/h2-5,7-10,19,21H,6,11-12H2,1H3/t19-,21+/m0/s1. The van der Waals surface area contributed by atoms with E-state index >= 15 is 0 Å². The molecule has 0 aromatic heterocycles. The number of fused-ring (bicyclic) bond motifs is 3. The Morgan fingerprint density at radius 3 is 2.42 bits per heavy atom. The van der Waals surface area contributed by atoms with Crippen LogP contribution in [0.4, 0.5) is 0 Å². The molecule has 0 saturated heterocycles. The van der Waals surface area contributed by atoms with Crippen molar-refractivity contribution < 1.29 is 9.59 Å². The minimum atomic E-state index is -0.380. The Labute approximate surface area is 152 Å². The van der Waals surface area contributed by atoms with E-state index in [9.17, 15) is 9.59 Å². The number of hydrogen-bond acceptors (Lipinski definition) is 3. The molecule has 0 N–H and O–H groups in total. The minimum absolute atomic E-state index is 0.0949. The number of rotatable bonds is 1. The van der Waals surface area contributed by atoms with Gasteiger partial charge in [0.15, 0.2) is 11.6 Å². The first-order chi connectivity index (χ1) is 12.7. The van der Waals surface area contributed by atoms with Gasteiger partial charge in [0.25, 0.3) is 0 Å². The Morgan fingerprint density at radius 2 is 1.62 bits per heavy atom. The van der Waals surface area contributed by atoms with Crippen molar-refractivity contribution in [1.82, 2.24) is 0 Å². The number of aryl methyl sites for hydroxylation is 1. The molecule has 2 aliphatic carbocycles. The highest BCUT2D eigenvalue weighted by Gasteiger charge is 2.48. The van der Waals surface area contributed by atoms with Crippen LogP contribution in [0.3, 0.4) is 0 Å². The third kappa shape index (κ3) is 2.03. The average molecular weight is 341 g/mol. The highest BCUT2D eigenvalue weighted by atomic mass is 16.1. The molecule has 128 valence electrons. The molecule has 3 aliphatic rings. The maximum absolute atomic E-state index is 13.3. The van der Waals surface area contributed by atoms with Crippen LogP contribution in [-0.2, 0) is 4.79 Å². The summed E-state index contributed by atoms with van der Waals surface area (Å²) in [5.41, 5.74) is 6.40. The van der Waals surface area contributed by atoms with Gasteiger partial charge >= 0.3 is 0 Å². The molecular weight excluding hydrogens is 322 g/mol. The van der Waals surface area contributed by atoms with E-state index in [1.54, 1.807) is 0 Å². The van der Waals surface area contributed by atoms with E-state index in [4.69, 9.17) is 4.99 Å². The van der Waals surface area contributed by atoms with E-state index in [-0.39, 0.29) is 23.4 Å². The Balaban J connectivity index is 1.80. The van der Waals surface area contributed by atoms with Gasteiger partial charge in [-0.15, -0.1) is 0 Å². The molecule has 2 aromatic rings. The van der Waals surface area contributed by atoms with Gasteiger partial charge in [0, 0.05) is 34.7 Å². The lowest BCUT2D eigenvalue weighted by atomic mass is 9.70. The minimum Gasteiger partial charge on any atom is -0.294 e. The second-order valence-corrected chi connectivity index (χ2v) is 7.36. The SMILES string of the molecule is Cc1ccccc1[C@H]1C2=C(CCCC2=O)N=C2c3ccccc3C(=O)[C@@H]21. The number of benzene rings is 2. The first-order valence-electron chi connectivity index (χ1n) is 9.21. The molecule has 0 fully saturated rings. The molecule has 0 radical (unpaired) electrons. The number of carbonyl (C=O) groups is 2. The van der Waals surface area contributed by atoms with E-state index in [1.807, 2.05) is 36.4 Å². The summed E-state index contributed by atoms with van der Waals surface area (Å²) in [6, 6.07) is 15.8. The van der Waals surface area contributed by atoms with Crippen LogP contribution >= 0.6 is 0 Å². The fraction of sp³-hybridized carbons (Fsp3) is 0.261. The Bertz CT molecular complexity index is 1030. The second-order valence-electron chi connectivity index (χ2n) is 7.36. The molecule has 3 nitrogen and oxygen atoms in total. The summed E-state index contributed by atoms with van der Waals surface area (Å²) in [6.07, 6.45) is 2.21. The van der Waals surface area contributed by atoms with E-state index in [0.29, 0.717) is 6.42 Å². The fourth-order valence-corrected chi connectivity index (χ4v) is 4.72. The quantitative estimate of drug-likeness (QED) is 0.772. The molecule has 0 unspecified atom stereocenters. The van der Waals surface area contributed by atoms with Gasteiger partial charge < -0.3 is 0 Å². The van der Waals surface area contributed by atoms with Gasteiger partial charge in [-0.3, -0.25) is 14.6 Å². The van der Waals surface area contributed by atoms with Gasteiger partial charge in [0.05, 0.1) is 11.6 Å². The van der Waals surface area contributed by atoms with Crippen LogP contribution in [0.15, 0.2) is 64.8 Å². The lowest BCUT2D eigenvalue weighted by Gasteiger charge is -2.33. The number of carbonyl (C=O) groups excluding carboxylic acids is 2. The zero-order valence-corrected chi connectivity index (χ0v) is 14.7. The molecule has 3 heteroatoms. The number of hydrogen-bond donors (Lipinski definition) is 0. The van der Waals surface area contributed by atoms with E-state index in [1.165, 1.54) is 0 Å². The normalized spacial score (nSPS) is 24.1. The summed E-state index contributed by atoms with van der Waals surface area (Å²) in [6.45, 7) is 2.06. The molecule has 0 saturated carbocycles. The van der Waals surface area contributed by atoms with Gasteiger partial charge in [-0.05, 0) is 30.9 Å². The van der Waals surface area contributed by atoms with Crippen molar-refractivity contribution in [2.45, 2.75) is 32.1 Å². The summed E-state index contributed by atoms with van der Waals surface area (Å²) >= 11 is 0. The molecule has 1 aliphatic heterocycles. The van der Waals surface area contributed by atoms with Crippen molar-refractivity contribution in [2.75, 3.05) is 0 Å². The second kappa shape index (κ2) is 5.60. The van der Waals surface area contributed by atoms with Crippen LogP contribution in [0.25, 0.3) is 0 Å². The predicted molar refractivity (Wildman–Crippen MR) is 101 cm³/mol. The summed E-state index contributed by atoms with van der Waals surface area (Å²) in [4.78, 5) is 31.0. The molecule has 2 aromatic carbocycles. The molecule has 5 rings (SSSR count). The monoisotopic (exact) mass is 341 g/mol. The largest absolute Gasteiger partial charge is 0.294 e. The highest BCUT2D eigenvalue weighted by Crippen LogP contribution is 2.48. The van der Waals surface area contributed by atoms with Crippen molar-refractivity contribution in [2.24, 2.45) is 10.9 Å². The maximum atomic E-state index is 13.3. The van der Waals surface area contributed by atoms with Crippen molar-refractivity contribution in [1.29, 1.82) is 0 Å². The van der Waals surface area contributed by atoms with Crippen LogP contribution in [0, 0.1) is 12.8 Å². The van der Waals surface area contributed by atoms with Crippen LogP contribution in [-0.4, -0.2) is 17.3 Å². The van der Waals surface area contributed by atoms with Gasteiger partial charge in [0.1, 0.15) is 0 Å². The molecular formula is C23H19NO2. The number of ketones is 2. The lowest BCUT2D eigenvalue weighted by Crippen LogP contribution is -2.34. The third-order valence-corrected chi connectivity index (χ3v) is 5.90. The molecule has 1 heterocycles. The van der Waals surface area contributed by atoms with Gasteiger partial charge in [-0.1, -0.05) is 48.5 Å². The molecule has 2 atom stereocenters. The van der Waals surface area contributed by atoms with E-state index in [0.717, 1.165) is 52.1 Å². The van der Waals surface area contributed by atoms with Crippen LogP contribution < -0.4 is 0 Å². The van der Waals surface area contributed by atoms with Crippen LogP contribution in [0.2, 0.25) is 0 Å². The Morgan fingerprint density at radius 1 is 0.885 bits per heavy atom.